The Morgan fingerprint density at radius 1 is 1.29 bits per heavy atom. The molecule has 1 aliphatic rings. The van der Waals surface area contributed by atoms with Gasteiger partial charge in [0, 0.05) is 24.0 Å². The average Bonchev–Trinajstić information content (AvgIpc) is 3.20. The topological polar surface area (TPSA) is 66.5 Å². The predicted octanol–water partition coefficient (Wildman–Crippen LogP) is 2.15. The summed E-state index contributed by atoms with van der Waals surface area (Å²) in [5, 5.41) is 0.643. The fraction of sp³-hybridized carbons (Fsp3) is 0.500. The molecule has 7 heteroatoms. The van der Waals surface area contributed by atoms with Gasteiger partial charge in [-0.25, -0.2) is 4.72 Å². The third-order valence-electron chi connectivity index (χ3n) is 3.70. The number of benzene rings is 1. The predicted molar refractivity (Wildman–Crippen MR) is 82.3 cm³/mol. The van der Waals surface area contributed by atoms with E-state index in [2.05, 4.69) is 4.72 Å². The highest BCUT2D eigenvalue weighted by Gasteiger charge is 2.45. The first-order valence-corrected chi connectivity index (χ1v) is 8.78. The molecule has 2 rings (SSSR count). The maximum absolute atomic E-state index is 12.1. The quantitative estimate of drug-likeness (QED) is 0.869. The highest BCUT2D eigenvalue weighted by Crippen LogP contribution is 2.47. The lowest BCUT2D eigenvalue weighted by atomic mass is 10.1. The first kappa shape index (κ1) is 16.3. The van der Waals surface area contributed by atoms with E-state index in [0.717, 1.165) is 5.56 Å². The van der Waals surface area contributed by atoms with Crippen LogP contribution in [0.4, 0.5) is 0 Å². The lowest BCUT2D eigenvalue weighted by molar-refractivity contribution is -0.120. The highest BCUT2D eigenvalue weighted by molar-refractivity contribution is 7.87. The van der Waals surface area contributed by atoms with Gasteiger partial charge in [-0.15, -0.1) is 0 Å². The van der Waals surface area contributed by atoms with Crippen molar-refractivity contribution in [3.8, 4) is 0 Å². The molecule has 5 nitrogen and oxygen atoms in total. The molecular formula is C14H19ClN2O3S. The van der Waals surface area contributed by atoms with Gasteiger partial charge in [-0.2, -0.15) is 12.7 Å². The number of hydrogen-bond donors (Lipinski definition) is 1. The van der Waals surface area contributed by atoms with Gasteiger partial charge in [0.2, 0.25) is 5.91 Å². The van der Waals surface area contributed by atoms with Crippen molar-refractivity contribution in [3.05, 3.63) is 34.9 Å². The molecule has 1 fully saturated rings. The fourth-order valence-corrected chi connectivity index (χ4v) is 3.73. The van der Waals surface area contributed by atoms with Crippen LogP contribution in [0.3, 0.4) is 0 Å². The Balaban J connectivity index is 1.99. The summed E-state index contributed by atoms with van der Waals surface area (Å²) in [6.07, 6.45) is 0.668. The van der Waals surface area contributed by atoms with E-state index in [0.29, 0.717) is 24.5 Å². The largest absolute Gasteiger partial charge is 0.303 e. The van der Waals surface area contributed by atoms with Crippen LogP contribution in [0.15, 0.2) is 24.3 Å². The normalized spacial score (nSPS) is 21.3. The van der Waals surface area contributed by atoms with Gasteiger partial charge in [-0.05, 0) is 30.0 Å². The Morgan fingerprint density at radius 3 is 2.38 bits per heavy atom. The van der Waals surface area contributed by atoms with Crippen molar-refractivity contribution in [2.24, 2.45) is 5.92 Å². The van der Waals surface area contributed by atoms with Crippen LogP contribution in [0.2, 0.25) is 5.02 Å². The van der Waals surface area contributed by atoms with Crippen LogP contribution in [-0.4, -0.2) is 31.7 Å². The van der Waals surface area contributed by atoms with E-state index in [9.17, 15) is 13.2 Å². The Labute approximate surface area is 130 Å². The Bertz CT molecular complexity index is 612. The zero-order valence-corrected chi connectivity index (χ0v) is 13.6. The van der Waals surface area contributed by atoms with E-state index in [1.807, 2.05) is 12.1 Å². The van der Waals surface area contributed by atoms with Crippen LogP contribution in [0.1, 0.15) is 31.7 Å². The molecule has 1 aliphatic carbocycles. The fourth-order valence-electron chi connectivity index (χ4n) is 2.39. The molecule has 0 unspecified atom stereocenters. The second-order valence-corrected chi connectivity index (χ2v) is 7.16. The van der Waals surface area contributed by atoms with Crippen molar-refractivity contribution in [1.29, 1.82) is 0 Å². The summed E-state index contributed by atoms with van der Waals surface area (Å²) in [4.78, 5) is 12.1. The molecule has 1 saturated carbocycles. The third-order valence-corrected chi connectivity index (χ3v) is 5.61. The second-order valence-electron chi connectivity index (χ2n) is 5.06. The van der Waals surface area contributed by atoms with Gasteiger partial charge in [-0.1, -0.05) is 37.6 Å². The zero-order valence-electron chi connectivity index (χ0n) is 12.0. The zero-order chi connectivity index (χ0) is 15.6. The summed E-state index contributed by atoms with van der Waals surface area (Å²) in [5.74, 6) is -0.632. The van der Waals surface area contributed by atoms with E-state index in [1.165, 1.54) is 4.31 Å². The van der Waals surface area contributed by atoms with Crippen molar-refractivity contribution in [2.75, 3.05) is 13.1 Å². The number of nitrogens with one attached hydrogen (secondary N) is 1. The SMILES string of the molecule is CCN(CC)S(=O)(=O)NC(=O)[C@@H]1C[C@@H]1c1ccc(Cl)cc1. The van der Waals surface area contributed by atoms with Crippen LogP contribution in [0.25, 0.3) is 0 Å². The summed E-state index contributed by atoms with van der Waals surface area (Å²) in [6.45, 7) is 4.15. The van der Waals surface area contributed by atoms with E-state index >= 15 is 0 Å². The molecular weight excluding hydrogens is 312 g/mol. The molecule has 2 atom stereocenters. The second kappa shape index (κ2) is 6.34. The summed E-state index contributed by atoms with van der Waals surface area (Å²) in [5.41, 5.74) is 1.01. The summed E-state index contributed by atoms with van der Waals surface area (Å²) in [6, 6.07) is 7.30. The van der Waals surface area contributed by atoms with Gasteiger partial charge >= 0.3 is 10.2 Å². The maximum Gasteiger partial charge on any atom is 0.303 e. The van der Waals surface area contributed by atoms with Gasteiger partial charge in [-0.3, -0.25) is 4.79 Å². The van der Waals surface area contributed by atoms with Gasteiger partial charge in [0.05, 0.1) is 0 Å². The molecule has 1 aromatic rings. The number of carbonyl (C=O) groups excluding carboxylic acids is 1. The minimum atomic E-state index is -3.73. The van der Waals surface area contributed by atoms with Crippen LogP contribution >= 0.6 is 11.6 Å². The minimum absolute atomic E-state index is 0.0779. The number of hydrogen-bond acceptors (Lipinski definition) is 3. The summed E-state index contributed by atoms with van der Waals surface area (Å²) >= 11 is 5.83. The highest BCUT2D eigenvalue weighted by atomic mass is 35.5. The number of amides is 1. The van der Waals surface area contributed by atoms with Gasteiger partial charge in [0.1, 0.15) is 0 Å². The Kier molecular flexibility index (Phi) is 4.91. The lowest BCUT2D eigenvalue weighted by Gasteiger charge is -2.18. The smallest absolute Gasteiger partial charge is 0.274 e. The van der Waals surface area contributed by atoms with Gasteiger partial charge in [0.25, 0.3) is 0 Å². The van der Waals surface area contributed by atoms with E-state index < -0.39 is 16.1 Å². The molecule has 1 amide bonds. The molecule has 116 valence electrons. The summed E-state index contributed by atoms with van der Waals surface area (Å²) < 4.78 is 27.4. The molecule has 0 heterocycles. The molecule has 1 aromatic carbocycles. The Morgan fingerprint density at radius 2 is 1.86 bits per heavy atom. The molecule has 21 heavy (non-hydrogen) atoms. The monoisotopic (exact) mass is 330 g/mol. The summed E-state index contributed by atoms with van der Waals surface area (Å²) in [7, 11) is -3.73. The van der Waals surface area contributed by atoms with Crippen LogP contribution in [0, 0.1) is 5.92 Å². The first-order chi connectivity index (χ1) is 9.89. The number of nitrogens with zero attached hydrogens (tertiary/aromatic N) is 1. The Hall–Kier alpha value is -1.11. The number of halogens is 1. The van der Waals surface area contributed by atoms with Crippen molar-refractivity contribution < 1.29 is 13.2 Å². The molecule has 0 bridgehead atoms. The standard InChI is InChI=1S/C14H19ClN2O3S/c1-3-17(4-2)21(19,20)16-14(18)13-9-12(13)10-5-7-11(15)8-6-10/h5-8,12-13H,3-4,9H2,1-2H3,(H,16,18)/t12-,13-/m1/s1. The molecule has 0 spiro atoms. The van der Waals surface area contributed by atoms with E-state index in [4.69, 9.17) is 11.6 Å². The molecule has 0 radical (unpaired) electrons. The number of carbonyl (C=O) groups is 1. The minimum Gasteiger partial charge on any atom is -0.274 e. The van der Waals surface area contributed by atoms with E-state index in [1.54, 1.807) is 26.0 Å². The van der Waals surface area contributed by atoms with Crippen molar-refractivity contribution in [3.63, 3.8) is 0 Å². The maximum atomic E-state index is 12.1. The van der Waals surface area contributed by atoms with E-state index in [-0.39, 0.29) is 11.8 Å². The number of rotatable bonds is 6. The van der Waals surface area contributed by atoms with Crippen LogP contribution < -0.4 is 4.72 Å². The third kappa shape index (κ3) is 3.75. The van der Waals surface area contributed by atoms with Crippen molar-refractivity contribution >= 4 is 27.7 Å². The molecule has 0 aliphatic heterocycles. The first-order valence-electron chi connectivity index (χ1n) is 6.96. The van der Waals surface area contributed by atoms with Crippen LogP contribution in [-0.2, 0) is 15.0 Å². The molecule has 1 N–H and O–H groups in total. The molecule has 0 aromatic heterocycles. The molecule has 0 saturated heterocycles. The van der Waals surface area contributed by atoms with Crippen molar-refractivity contribution in [2.45, 2.75) is 26.2 Å². The van der Waals surface area contributed by atoms with Gasteiger partial charge in [0.15, 0.2) is 0 Å². The van der Waals surface area contributed by atoms with Gasteiger partial charge < -0.3 is 0 Å². The van der Waals surface area contributed by atoms with Crippen molar-refractivity contribution in [1.82, 2.24) is 9.03 Å². The average molecular weight is 331 g/mol. The lowest BCUT2D eigenvalue weighted by Crippen LogP contribution is -2.44. The van der Waals surface area contributed by atoms with Crippen LogP contribution in [0.5, 0.6) is 0 Å².